The number of aliphatic hydroxyl groups is 1. The van der Waals surface area contributed by atoms with Crippen molar-refractivity contribution in [1.29, 1.82) is 5.26 Å². The molecular formula is C11H20N2O2. The largest absolute Gasteiger partial charge is 0.389 e. The van der Waals surface area contributed by atoms with Gasteiger partial charge in [-0.15, -0.1) is 0 Å². The molecule has 1 heterocycles. The normalized spacial score (nSPS) is 24.3. The molecule has 1 saturated heterocycles. The van der Waals surface area contributed by atoms with Gasteiger partial charge in [0.25, 0.3) is 0 Å². The summed E-state index contributed by atoms with van der Waals surface area (Å²) in [6.45, 7) is 5.70. The quantitative estimate of drug-likeness (QED) is 0.731. The van der Waals surface area contributed by atoms with Gasteiger partial charge < -0.3 is 9.84 Å². The third-order valence-electron chi connectivity index (χ3n) is 2.58. The summed E-state index contributed by atoms with van der Waals surface area (Å²) in [5.41, 5.74) is 0. The molecule has 0 saturated carbocycles. The predicted molar refractivity (Wildman–Crippen MR) is 57.3 cm³/mol. The van der Waals surface area contributed by atoms with Gasteiger partial charge in [-0.25, -0.2) is 0 Å². The van der Waals surface area contributed by atoms with Crippen molar-refractivity contribution in [1.82, 2.24) is 4.90 Å². The molecule has 15 heavy (non-hydrogen) atoms. The van der Waals surface area contributed by atoms with Crippen molar-refractivity contribution in [2.45, 2.75) is 44.9 Å². The number of hydrogen-bond donors (Lipinski definition) is 1. The molecule has 2 unspecified atom stereocenters. The molecule has 1 rings (SSSR count). The summed E-state index contributed by atoms with van der Waals surface area (Å²) >= 11 is 0. The molecule has 0 aromatic heterocycles. The van der Waals surface area contributed by atoms with Gasteiger partial charge in [-0.2, -0.15) is 5.26 Å². The van der Waals surface area contributed by atoms with Crippen molar-refractivity contribution in [2.75, 3.05) is 19.7 Å². The molecular weight excluding hydrogens is 192 g/mol. The van der Waals surface area contributed by atoms with Crippen LogP contribution in [0, 0.1) is 11.3 Å². The lowest BCUT2D eigenvalue weighted by Gasteiger charge is -2.22. The summed E-state index contributed by atoms with van der Waals surface area (Å²) in [6, 6.07) is 2.24. The van der Waals surface area contributed by atoms with Crippen molar-refractivity contribution in [3.63, 3.8) is 0 Å². The molecule has 4 nitrogen and oxygen atoms in total. The minimum Gasteiger partial charge on any atom is -0.389 e. The maximum Gasteiger partial charge on any atom is 0.0979 e. The Labute approximate surface area is 91.4 Å². The molecule has 1 N–H and O–H groups in total. The van der Waals surface area contributed by atoms with Crippen molar-refractivity contribution in [3.05, 3.63) is 0 Å². The molecule has 0 aromatic rings. The molecule has 86 valence electrons. The molecule has 0 radical (unpaired) electrons. The van der Waals surface area contributed by atoms with Crippen molar-refractivity contribution >= 4 is 0 Å². The first-order valence-electron chi connectivity index (χ1n) is 5.56. The van der Waals surface area contributed by atoms with E-state index in [-0.39, 0.29) is 12.1 Å². The maximum absolute atomic E-state index is 9.70. The monoisotopic (exact) mass is 212 g/mol. The van der Waals surface area contributed by atoms with Gasteiger partial charge in [-0.05, 0) is 33.2 Å². The van der Waals surface area contributed by atoms with E-state index in [1.807, 2.05) is 18.7 Å². The van der Waals surface area contributed by atoms with Crippen LogP contribution < -0.4 is 0 Å². The molecule has 1 aliphatic heterocycles. The van der Waals surface area contributed by atoms with Gasteiger partial charge in [0, 0.05) is 6.54 Å². The van der Waals surface area contributed by atoms with Gasteiger partial charge in [0.1, 0.15) is 0 Å². The lowest BCUT2D eigenvalue weighted by molar-refractivity contribution is -0.00793. The minimum absolute atomic E-state index is 0.0151. The topological polar surface area (TPSA) is 56.5 Å². The van der Waals surface area contributed by atoms with E-state index in [0.29, 0.717) is 13.2 Å². The molecule has 0 amide bonds. The van der Waals surface area contributed by atoms with E-state index >= 15 is 0 Å². The van der Waals surface area contributed by atoms with Gasteiger partial charge >= 0.3 is 0 Å². The second-order valence-corrected chi connectivity index (χ2v) is 4.32. The fourth-order valence-corrected chi connectivity index (χ4v) is 1.82. The predicted octanol–water partition coefficient (Wildman–Crippen LogP) is 0.760. The Morgan fingerprint density at radius 3 is 2.93 bits per heavy atom. The van der Waals surface area contributed by atoms with E-state index < -0.39 is 6.10 Å². The van der Waals surface area contributed by atoms with Gasteiger partial charge in [-0.3, -0.25) is 4.90 Å². The second kappa shape index (κ2) is 6.06. The third-order valence-corrected chi connectivity index (χ3v) is 2.58. The molecule has 0 bridgehead atoms. The summed E-state index contributed by atoms with van der Waals surface area (Å²) < 4.78 is 5.32. The number of likely N-dealkylation sites (tertiary alicyclic amines) is 1. The number of hydrogen-bond acceptors (Lipinski definition) is 4. The number of nitriles is 1. The Hall–Kier alpha value is -0.630. The Balaban J connectivity index is 2.25. The SMILES string of the molecule is CC(C)OCC(O)CN1CCCC1C#N. The van der Waals surface area contributed by atoms with E-state index in [1.165, 1.54) is 0 Å². The number of aliphatic hydroxyl groups excluding tert-OH is 1. The maximum atomic E-state index is 9.70. The summed E-state index contributed by atoms with van der Waals surface area (Å²) in [5, 5.41) is 18.6. The fraction of sp³-hybridized carbons (Fsp3) is 0.909. The highest BCUT2D eigenvalue weighted by atomic mass is 16.5. The summed E-state index contributed by atoms with van der Waals surface area (Å²) in [6.07, 6.45) is 1.64. The lowest BCUT2D eigenvalue weighted by Crippen LogP contribution is -2.37. The fourth-order valence-electron chi connectivity index (χ4n) is 1.82. The van der Waals surface area contributed by atoms with Crippen LogP contribution in [0.5, 0.6) is 0 Å². The van der Waals surface area contributed by atoms with E-state index in [1.54, 1.807) is 0 Å². The average molecular weight is 212 g/mol. The smallest absolute Gasteiger partial charge is 0.0979 e. The van der Waals surface area contributed by atoms with Crippen molar-refractivity contribution in [3.8, 4) is 6.07 Å². The first-order chi connectivity index (χ1) is 7.13. The van der Waals surface area contributed by atoms with Crippen LogP contribution in [-0.4, -0.2) is 48.0 Å². The lowest BCUT2D eigenvalue weighted by atomic mass is 10.2. The zero-order valence-corrected chi connectivity index (χ0v) is 9.52. The number of β-amino-alcohol motifs (C(OH)–C–C–N with tert-alkyl or cyclic N) is 1. The van der Waals surface area contributed by atoms with Crippen LogP contribution in [0.2, 0.25) is 0 Å². The summed E-state index contributed by atoms with van der Waals surface area (Å²) in [5.74, 6) is 0. The van der Waals surface area contributed by atoms with Crippen LogP contribution in [0.1, 0.15) is 26.7 Å². The van der Waals surface area contributed by atoms with Crippen LogP contribution in [-0.2, 0) is 4.74 Å². The minimum atomic E-state index is -0.485. The molecule has 0 spiro atoms. The van der Waals surface area contributed by atoms with Gasteiger partial charge in [-0.1, -0.05) is 0 Å². The standard InChI is InChI=1S/C11H20N2O2/c1-9(2)15-8-11(14)7-13-5-3-4-10(13)6-12/h9-11,14H,3-5,7-8H2,1-2H3. The first kappa shape index (κ1) is 12.4. The summed E-state index contributed by atoms with van der Waals surface area (Å²) in [4.78, 5) is 2.04. The summed E-state index contributed by atoms with van der Waals surface area (Å²) in [7, 11) is 0. The van der Waals surface area contributed by atoms with Crippen molar-refractivity contribution in [2.24, 2.45) is 0 Å². The Morgan fingerprint density at radius 1 is 1.60 bits per heavy atom. The van der Waals surface area contributed by atoms with Crippen LogP contribution in [0.15, 0.2) is 0 Å². The van der Waals surface area contributed by atoms with Gasteiger partial charge in [0.05, 0.1) is 30.9 Å². The highest BCUT2D eigenvalue weighted by Crippen LogP contribution is 2.16. The third kappa shape index (κ3) is 4.17. The van der Waals surface area contributed by atoms with E-state index in [2.05, 4.69) is 6.07 Å². The van der Waals surface area contributed by atoms with E-state index in [4.69, 9.17) is 10.00 Å². The second-order valence-electron chi connectivity index (χ2n) is 4.32. The Bertz CT molecular complexity index is 225. The molecule has 1 fully saturated rings. The zero-order chi connectivity index (χ0) is 11.3. The van der Waals surface area contributed by atoms with Crippen LogP contribution in [0.4, 0.5) is 0 Å². The average Bonchev–Trinajstić information content (AvgIpc) is 2.62. The van der Waals surface area contributed by atoms with Gasteiger partial charge in [0.2, 0.25) is 0 Å². The van der Waals surface area contributed by atoms with Crippen molar-refractivity contribution < 1.29 is 9.84 Å². The number of ether oxygens (including phenoxy) is 1. The van der Waals surface area contributed by atoms with Gasteiger partial charge in [0.15, 0.2) is 0 Å². The molecule has 1 aliphatic rings. The zero-order valence-electron chi connectivity index (χ0n) is 9.52. The number of rotatable bonds is 5. The Kier molecular flexibility index (Phi) is 5.03. The van der Waals surface area contributed by atoms with Crippen LogP contribution >= 0.6 is 0 Å². The van der Waals surface area contributed by atoms with Crippen LogP contribution in [0.25, 0.3) is 0 Å². The molecule has 2 atom stereocenters. The number of nitrogens with zero attached hydrogens (tertiary/aromatic N) is 2. The highest BCUT2D eigenvalue weighted by Gasteiger charge is 2.25. The highest BCUT2D eigenvalue weighted by molar-refractivity contribution is 4.96. The molecule has 0 aromatic carbocycles. The molecule has 0 aliphatic carbocycles. The van der Waals surface area contributed by atoms with Crippen LogP contribution in [0.3, 0.4) is 0 Å². The van der Waals surface area contributed by atoms with E-state index in [0.717, 1.165) is 19.4 Å². The molecule has 4 heteroatoms. The van der Waals surface area contributed by atoms with E-state index in [9.17, 15) is 5.11 Å². The Morgan fingerprint density at radius 2 is 2.33 bits per heavy atom. The first-order valence-corrected chi connectivity index (χ1v) is 5.56.